The number of primary amides is 1. The highest BCUT2D eigenvalue weighted by atomic mass is 32.2. The molecule has 9 nitrogen and oxygen atoms in total. The molecule has 4 atom stereocenters. The summed E-state index contributed by atoms with van der Waals surface area (Å²) < 4.78 is 3.60. The number of carboxylic acid groups (broad SMARTS) is 1. The van der Waals surface area contributed by atoms with Crippen LogP contribution in [0, 0.1) is 11.8 Å². The third-order valence-corrected chi connectivity index (χ3v) is 7.65. The number of hydrogen-bond acceptors (Lipinski definition) is 6. The molecule has 11 heteroatoms. The molecule has 0 aliphatic carbocycles. The van der Waals surface area contributed by atoms with Gasteiger partial charge in [-0.25, -0.2) is 9.36 Å². The molecule has 1 fully saturated rings. The number of thiazole rings is 1. The Morgan fingerprint density at radius 3 is 2.69 bits per heavy atom. The zero-order valence-corrected chi connectivity index (χ0v) is 17.7. The van der Waals surface area contributed by atoms with Gasteiger partial charge >= 0.3 is 5.97 Å². The molecule has 4 heterocycles. The SMILES string of the molecule is CSc1c2sc(C3=C(C(=O)O)N4C(=O)[C@H]([C@@H](C)O)[C@H]4[C@H]3C)cn2c[n+]1CC(N)=O. The van der Waals surface area contributed by atoms with Crippen LogP contribution in [0.3, 0.4) is 0 Å². The predicted molar refractivity (Wildman–Crippen MR) is 106 cm³/mol. The second-order valence-electron chi connectivity index (χ2n) is 7.35. The van der Waals surface area contributed by atoms with Crippen molar-refractivity contribution in [1.29, 1.82) is 0 Å². The monoisotopic (exact) mass is 437 g/mol. The summed E-state index contributed by atoms with van der Waals surface area (Å²) in [7, 11) is 0. The number of aromatic nitrogens is 2. The molecule has 0 unspecified atom stereocenters. The Labute approximate surface area is 174 Å². The minimum absolute atomic E-state index is 0.00961. The molecule has 1 saturated heterocycles. The van der Waals surface area contributed by atoms with Crippen LogP contribution in [0.25, 0.3) is 10.4 Å². The fraction of sp³-hybridized carbons (Fsp3) is 0.444. The van der Waals surface area contributed by atoms with Crippen molar-refractivity contribution in [3.8, 4) is 0 Å². The van der Waals surface area contributed by atoms with Gasteiger partial charge in [-0.3, -0.25) is 9.59 Å². The summed E-state index contributed by atoms with van der Waals surface area (Å²) in [6.45, 7) is 3.50. The molecule has 154 valence electrons. The lowest BCUT2D eigenvalue weighted by Gasteiger charge is -2.46. The summed E-state index contributed by atoms with van der Waals surface area (Å²) in [4.78, 5) is 38.8. The zero-order valence-electron chi connectivity index (χ0n) is 16.0. The number of carbonyl (C=O) groups excluding carboxylic acids is 2. The van der Waals surface area contributed by atoms with Crippen LogP contribution in [-0.2, 0) is 20.9 Å². The van der Waals surface area contributed by atoms with E-state index < -0.39 is 23.9 Å². The van der Waals surface area contributed by atoms with Gasteiger partial charge in [0.05, 0.1) is 22.9 Å². The van der Waals surface area contributed by atoms with Gasteiger partial charge in [-0.1, -0.05) is 30.0 Å². The predicted octanol–water partition coefficient (Wildman–Crippen LogP) is 0.149. The molecule has 0 saturated carbocycles. The number of carboxylic acids is 1. The molecule has 0 aromatic carbocycles. The highest BCUT2D eigenvalue weighted by molar-refractivity contribution is 7.98. The van der Waals surface area contributed by atoms with Crippen LogP contribution in [0.5, 0.6) is 0 Å². The van der Waals surface area contributed by atoms with Gasteiger partial charge < -0.3 is 20.8 Å². The number of β-lactam (4-membered cyclic amide) rings is 1. The van der Waals surface area contributed by atoms with Crippen molar-refractivity contribution in [2.75, 3.05) is 6.26 Å². The first-order chi connectivity index (χ1) is 13.7. The first-order valence-corrected chi connectivity index (χ1v) is 11.1. The van der Waals surface area contributed by atoms with Gasteiger partial charge in [0.25, 0.3) is 12.2 Å². The van der Waals surface area contributed by atoms with E-state index in [9.17, 15) is 24.6 Å². The maximum Gasteiger partial charge on any atom is 0.352 e. The smallest absolute Gasteiger partial charge is 0.352 e. The van der Waals surface area contributed by atoms with E-state index in [1.807, 2.05) is 23.8 Å². The third kappa shape index (κ3) is 2.79. The Kier molecular flexibility index (Phi) is 4.71. The lowest BCUT2D eigenvalue weighted by Crippen LogP contribution is -2.63. The fourth-order valence-electron chi connectivity index (χ4n) is 4.44. The number of aliphatic carboxylic acids is 1. The van der Waals surface area contributed by atoms with E-state index >= 15 is 0 Å². The molecule has 2 aromatic heterocycles. The highest BCUT2D eigenvalue weighted by Gasteiger charge is 2.60. The molecule has 2 aliphatic rings. The highest BCUT2D eigenvalue weighted by Crippen LogP contribution is 2.51. The van der Waals surface area contributed by atoms with Crippen molar-refractivity contribution in [2.45, 2.75) is 37.6 Å². The number of hydrogen-bond donors (Lipinski definition) is 3. The summed E-state index contributed by atoms with van der Waals surface area (Å²) >= 11 is 2.88. The van der Waals surface area contributed by atoms with Gasteiger partial charge in [0.2, 0.25) is 15.8 Å². The normalized spacial score (nSPS) is 24.8. The van der Waals surface area contributed by atoms with E-state index in [-0.39, 0.29) is 30.1 Å². The second kappa shape index (κ2) is 6.85. The van der Waals surface area contributed by atoms with E-state index in [2.05, 4.69) is 0 Å². The topological polar surface area (TPSA) is 129 Å². The van der Waals surface area contributed by atoms with E-state index in [4.69, 9.17) is 5.73 Å². The number of imidazole rings is 1. The molecule has 4 N–H and O–H groups in total. The van der Waals surface area contributed by atoms with Gasteiger partial charge in [-0.15, -0.1) is 0 Å². The van der Waals surface area contributed by atoms with Crippen LogP contribution in [0.1, 0.15) is 18.7 Å². The Hall–Kier alpha value is -2.37. The van der Waals surface area contributed by atoms with Crippen molar-refractivity contribution in [3.63, 3.8) is 0 Å². The Morgan fingerprint density at radius 2 is 2.14 bits per heavy atom. The van der Waals surface area contributed by atoms with Crippen molar-refractivity contribution < 1.29 is 29.2 Å². The van der Waals surface area contributed by atoms with Crippen molar-refractivity contribution >= 4 is 51.3 Å². The van der Waals surface area contributed by atoms with Gasteiger partial charge in [0.1, 0.15) is 11.9 Å². The standard InChI is InChI=1S/C18H20N4O5S2/c1-7-11(14(18(26)27)22-13(7)12(8(2)23)15(22)25)9-4-20-6-21(5-10(19)24)16(28-3)17(20)29-9/h4,6-8,12-13,23H,5H2,1-3H3,(H2-,19,24,26,27)/p+1/t7-,8+,12+,13+/m0/s1. The molecule has 2 amide bonds. The molecular formula is C18H21N4O5S2+. The van der Waals surface area contributed by atoms with Gasteiger partial charge in [0, 0.05) is 11.5 Å². The van der Waals surface area contributed by atoms with Gasteiger partial charge in [-0.2, -0.15) is 4.40 Å². The van der Waals surface area contributed by atoms with Crippen molar-refractivity contribution in [1.82, 2.24) is 9.30 Å². The molecule has 2 aliphatic heterocycles. The first kappa shape index (κ1) is 19.9. The molecule has 0 radical (unpaired) electrons. The summed E-state index contributed by atoms with van der Waals surface area (Å²) in [6.07, 6.45) is 4.63. The first-order valence-electron chi connectivity index (χ1n) is 9.02. The number of fused-ring (bicyclic) bond motifs is 2. The number of carbonyl (C=O) groups is 3. The number of nitrogens with two attached hydrogens (primary N) is 1. The summed E-state index contributed by atoms with van der Waals surface area (Å²) in [5.74, 6) is -2.77. The van der Waals surface area contributed by atoms with E-state index in [1.54, 1.807) is 17.8 Å². The summed E-state index contributed by atoms with van der Waals surface area (Å²) in [6, 6.07) is -0.357. The average molecular weight is 438 g/mol. The molecule has 29 heavy (non-hydrogen) atoms. The molecular weight excluding hydrogens is 416 g/mol. The van der Waals surface area contributed by atoms with Crippen molar-refractivity contribution in [3.05, 3.63) is 23.1 Å². The van der Waals surface area contributed by atoms with Crippen LogP contribution in [0.4, 0.5) is 0 Å². The Morgan fingerprint density at radius 1 is 1.45 bits per heavy atom. The quantitative estimate of drug-likeness (QED) is 0.335. The Balaban J connectivity index is 1.82. The Bertz CT molecular complexity index is 1090. The summed E-state index contributed by atoms with van der Waals surface area (Å²) in [5, 5.41) is 20.7. The van der Waals surface area contributed by atoms with E-state index in [0.717, 1.165) is 14.7 Å². The zero-order chi connectivity index (χ0) is 21.2. The van der Waals surface area contributed by atoms with E-state index in [1.165, 1.54) is 28.0 Å². The van der Waals surface area contributed by atoms with Crippen LogP contribution < -0.4 is 10.3 Å². The number of thioether (sulfide) groups is 1. The maximum absolute atomic E-state index is 12.5. The average Bonchev–Trinajstić information content (AvgIpc) is 3.21. The minimum Gasteiger partial charge on any atom is -0.477 e. The molecule has 0 bridgehead atoms. The number of aliphatic hydroxyl groups excluding tert-OH is 1. The van der Waals surface area contributed by atoms with Crippen LogP contribution in [-0.4, -0.2) is 55.7 Å². The van der Waals surface area contributed by atoms with Crippen molar-refractivity contribution in [2.24, 2.45) is 17.6 Å². The minimum atomic E-state index is -1.15. The number of nitrogens with zero attached hydrogens (tertiary/aromatic N) is 3. The number of amides is 2. The molecule has 4 rings (SSSR count). The molecule has 0 spiro atoms. The third-order valence-electron chi connectivity index (χ3n) is 5.56. The lowest BCUT2D eigenvalue weighted by molar-refractivity contribution is -0.717. The molecule has 2 aromatic rings. The van der Waals surface area contributed by atoms with Gasteiger partial charge in [0.15, 0.2) is 6.54 Å². The van der Waals surface area contributed by atoms with Crippen LogP contribution in [0.2, 0.25) is 0 Å². The fourth-order valence-corrected chi connectivity index (χ4v) is 6.61. The largest absolute Gasteiger partial charge is 0.477 e. The maximum atomic E-state index is 12.5. The number of aliphatic hydroxyl groups is 1. The lowest BCUT2D eigenvalue weighted by atomic mass is 9.77. The second-order valence-corrected chi connectivity index (χ2v) is 9.17. The van der Waals surface area contributed by atoms with Crippen LogP contribution >= 0.6 is 23.1 Å². The summed E-state index contributed by atoms with van der Waals surface area (Å²) in [5.41, 5.74) is 5.91. The van der Waals surface area contributed by atoms with Gasteiger partial charge in [-0.05, 0) is 13.2 Å². The van der Waals surface area contributed by atoms with E-state index in [0.29, 0.717) is 5.57 Å². The number of rotatable bonds is 6. The van der Waals surface area contributed by atoms with Crippen LogP contribution in [0.15, 0.2) is 23.2 Å².